The Morgan fingerprint density at radius 3 is 0.530 bits per heavy atom. The Balaban J connectivity index is 0.00000228. The molecule has 0 atom stereocenters. The van der Waals surface area contributed by atoms with Crippen LogP contribution in [-0.4, -0.2) is 114 Å². The van der Waals surface area contributed by atoms with Gasteiger partial charge in [0.15, 0.2) is 0 Å². The molecule has 0 aliphatic heterocycles. The number of ether oxygens (including phenoxy) is 4. The number of carbonyl (C=O) groups is 4. The second-order valence-corrected chi connectivity index (χ2v) is 35.7. The molecule has 0 aliphatic rings. The molecular formula is C100H170CaO14S2. The van der Waals surface area contributed by atoms with E-state index in [-0.39, 0.29) is 86.4 Å². The van der Waals surface area contributed by atoms with Crippen LogP contribution in [0.15, 0.2) is 94.8 Å². The maximum absolute atomic E-state index is 12.9. The van der Waals surface area contributed by atoms with Gasteiger partial charge < -0.3 is 28.1 Å². The van der Waals surface area contributed by atoms with Gasteiger partial charge in [0.05, 0.1) is 32.0 Å². The summed E-state index contributed by atoms with van der Waals surface area (Å²) in [6.45, 7) is 9.07. The van der Waals surface area contributed by atoms with E-state index in [0.717, 1.165) is 87.8 Å². The van der Waals surface area contributed by atoms with Crippen molar-refractivity contribution in [3.63, 3.8) is 0 Å². The van der Waals surface area contributed by atoms with Gasteiger partial charge in [-0.3, -0.25) is 0 Å². The molecular weight excluding hydrogens is 1530 g/mol. The number of unbranched alkanes of at least 4 members (excludes halogenated alkanes) is 64. The monoisotopic (exact) mass is 1700 g/mol. The number of hydrogen-bond donors (Lipinski definition) is 0. The summed E-state index contributed by atoms with van der Waals surface area (Å²) < 4.78 is 91.3. The fourth-order valence-corrected chi connectivity index (χ4v) is 15.8. The third-order valence-electron chi connectivity index (χ3n) is 22.2. The van der Waals surface area contributed by atoms with Crippen molar-refractivity contribution in [3.05, 3.63) is 107 Å². The minimum atomic E-state index is -4.84. The zero-order valence-electron chi connectivity index (χ0n) is 75.2. The molecule has 0 heterocycles. The first-order valence-corrected chi connectivity index (χ1v) is 50.9. The van der Waals surface area contributed by atoms with Gasteiger partial charge in [-0.1, -0.05) is 462 Å². The van der Waals surface area contributed by atoms with Gasteiger partial charge >= 0.3 is 61.6 Å². The molecule has 0 saturated carbocycles. The Hall–Kier alpha value is -3.64. The van der Waals surface area contributed by atoms with Gasteiger partial charge in [-0.2, -0.15) is 0 Å². The predicted molar refractivity (Wildman–Crippen MR) is 489 cm³/mol. The zero-order valence-corrected chi connectivity index (χ0v) is 79.1. The van der Waals surface area contributed by atoms with Gasteiger partial charge in [0.2, 0.25) is 0 Å². The Morgan fingerprint density at radius 2 is 0.376 bits per heavy atom. The molecule has 0 N–H and O–H groups in total. The maximum atomic E-state index is 12.9. The van der Waals surface area contributed by atoms with Crippen molar-refractivity contribution in [2.24, 2.45) is 0 Å². The van der Waals surface area contributed by atoms with Crippen LogP contribution in [0.3, 0.4) is 0 Å². The number of hydrogen-bond acceptors (Lipinski definition) is 14. The molecule has 0 saturated heterocycles. The maximum Gasteiger partial charge on any atom is 2.00 e. The normalized spacial score (nSPS) is 11.8. The Bertz CT molecular complexity index is 2810. The third kappa shape index (κ3) is 71.5. The molecule has 2 aromatic rings. The molecule has 2 rings (SSSR count). The summed E-state index contributed by atoms with van der Waals surface area (Å²) in [5.74, 6) is -3.34. The van der Waals surface area contributed by atoms with E-state index in [9.17, 15) is 45.1 Å². The van der Waals surface area contributed by atoms with E-state index in [1.54, 1.807) is 24.3 Å². The first-order chi connectivity index (χ1) is 56.6. The van der Waals surface area contributed by atoms with E-state index in [4.69, 9.17) is 18.9 Å². The summed E-state index contributed by atoms with van der Waals surface area (Å²) >= 11 is 0. The quantitative estimate of drug-likeness (QED) is 0.0150. The van der Waals surface area contributed by atoms with Crippen LogP contribution >= 0.6 is 0 Å². The van der Waals surface area contributed by atoms with Crippen LogP contribution in [-0.2, 0) is 39.2 Å². The SMILES string of the molecule is CCCCCCCCCCCCCCCCCC/C=C/COC(=O)c1ccc(S(=O)(=O)[O-])cc1C(=O)OC/C=C/CCCCCCCCCCCCCCCCCC.CCCCCCCCCCCCCCCCCC/C=C/COC(=O)c1ccc(S(=O)(=O)[O-])cc1C(=O)OC/C=C/CCCCCCCCCCCCCCCCCC.[Ca+2]. The minimum absolute atomic E-state index is 0. The van der Waals surface area contributed by atoms with Crippen molar-refractivity contribution in [1.29, 1.82) is 0 Å². The second-order valence-electron chi connectivity index (χ2n) is 33.0. The second kappa shape index (κ2) is 84.6. The molecule has 0 aromatic heterocycles. The van der Waals surface area contributed by atoms with Crippen LogP contribution in [0.5, 0.6) is 0 Å². The molecule has 668 valence electrons. The Morgan fingerprint density at radius 1 is 0.231 bits per heavy atom. The van der Waals surface area contributed by atoms with Crippen molar-refractivity contribution in [2.75, 3.05) is 26.4 Å². The molecule has 0 bridgehead atoms. The summed E-state index contributed by atoms with van der Waals surface area (Å²) in [6.07, 6.45) is 104. The van der Waals surface area contributed by atoms with Gasteiger partial charge in [-0.15, -0.1) is 0 Å². The van der Waals surface area contributed by atoms with E-state index in [0.29, 0.717) is 0 Å². The number of rotatable bonds is 82. The van der Waals surface area contributed by atoms with Gasteiger partial charge in [-0.05, 0) is 87.8 Å². The molecule has 2 aromatic carbocycles. The standard InChI is InChI=1S/2C50H86O7S.Ca/c2*1-3-5-7-9-11-13-15-17-19-21-23-25-27-29-31-33-35-37-39-43-56-49(51)47-42-41-46(58(53,54)55)45-48(47)50(52)57-44-40-38-36-34-32-30-28-26-24-22-20-18-16-14-12-10-8-6-4-2;/h2*37-42,45H,3-36,43-44H2,1-2H3,(H,53,54,55);/q;;+2/p-2/b2*39-37+,40-38+;. The van der Waals surface area contributed by atoms with Crippen LogP contribution in [0.1, 0.15) is 506 Å². The average Bonchev–Trinajstić information content (AvgIpc) is 0.814. The number of esters is 4. The van der Waals surface area contributed by atoms with Crippen LogP contribution in [0.2, 0.25) is 0 Å². The van der Waals surface area contributed by atoms with Crippen LogP contribution in [0, 0.1) is 0 Å². The van der Waals surface area contributed by atoms with Crippen molar-refractivity contribution in [1.82, 2.24) is 0 Å². The third-order valence-corrected chi connectivity index (χ3v) is 23.9. The van der Waals surface area contributed by atoms with E-state index in [2.05, 4.69) is 27.7 Å². The van der Waals surface area contributed by atoms with Crippen molar-refractivity contribution < 1.29 is 64.1 Å². The van der Waals surface area contributed by atoms with Crippen LogP contribution in [0.4, 0.5) is 0 Å². The molecule has 17 heteroatoms. The topological polar surface area (TPSA) is 220 Å². The first kappa shape index (κ1) is 113. The fourth-order valence-electron chi connectivity index (χ4n) is 14.8. The van der Waals surface area contributed by atoms with Crippen molar-refractivity contribution >= 4 is 81.9 Å². The van der Waals surface area contributed by atoms with Gasteiger partial charge in [0, 0.05) is 0 Å². The molecule has 0 aliphatic carbocycles. The Kier molecular flexibility index (Phi) is 81.9. The average molecular weight is 1700 g/mol. The molecule has 0 unspecified atom stereocenters. The summed E-state index contributed by atoms with van der Waals surface area (Å²) in [5.41, 5.74) is -0.878. The van der Waals surface area contributed by atoms with E-state index >= 15 is 0 Å². The smallest absolute Gasteiger partial charge is 0.744 e. The molecule has 0 radical (unpaired) electrons. The van der Waals surface area contributed by atoms with Crippen LogP contribution in [0.25, 0.3) is 0 Å². The summed E-state index contributed by atoms with van der Waals surface area (Å²) in [5, 5.41) is 0. The van der Waals surface area contributed by atoms with Crippen molar-refractivity contribution in [2.45, 2.75) is 474 Å². The molecule has 117 heavy (non-hydrogen) atoms. The molecule has 0 amide bonds. The zero-order chi connectivity index (χ0) is 84.4. The predicted octanol–water partition coefficient (Wildman–Crippen LogP) is 30.3. The van der Waals surface area contributed by atoms with Crippen LogP contribution < -0.4 is 0 Å². The summed E-state index contributed by atoms with van der Waals surface area (Å²) in [7, 11) is -9.68. The van der Waals surface area contributed by atoms with E-state index in [1.807, 2.05) is 24.3 Å². The summed E-state index contributed by atoms with van der Waals surface area (Å²) in [4.78, 5) is 50.4. The number of carbonyl (C=O) groups excluding carboxylic acids is 4. The minimum Gasteiger partial charge on any atom is -0.744 e. The largest absolute Gasteiger partial charge is 2.00 e. The summed E-state index contributed by atoms with van der Waals surface area (Å²) in [6, 6.07) is 6.10. The van der Waals surface area contributed by atoms with Gasteiger partial charge in [-0.25, -0.2) is 36.0 Å². The van der Waals surface area contributed by atoms with E-state index < -0.39 is 53.9 Å². The molecule has 14 nitrogen and oxygen atoms in total. The van der Waals surface area contributed by atoms with Crippen molar-refractivity contribution in [3.8, 4) is 0 Å². The Labute approximate surface area is 747 Å². The fraction of sp³-hybridized carbons (Fsp3) is 0.760. The molecule has 0 spiro atoms. The van der Waals surface area contributed by atoms with Gasteiger partial charge in [0.25, 0.3) is 0 Å². The van der Waals surface area contributed by atoms with E-state index in [1.165, 1.54) is 385 Å². The number of benzene rings is 2. The molecule has 0 fully saturated rings. The number of allylic oxidation sites excluding steroid dienone is 4. The first-order valence-electron chi connectivity index (χ1n) is 48.1. The van der Waals surface area contributed by atoms with Gasteiger partial charge in [0.1, 0.15) is 46.7 Å².